The van der Waals surface area contributed by atoms with Crippen LogP contribution in [0.15, 0.2) is 59.8 Å². The minimum absolute atomic E-state index is 0.0159. The van der Waals surface area contributed by atoms with Crippen LogP contribution in [-0.4, -0.2) is 175 Å². The van der Waals surface area contributed by atoms with Gasteiger partial charge in [-0.2, -0.15) is 0 Å². The highest BCUT2D eigenvalue weighted by Crippen LogP contribution is 2.38. The number of rotatable bonds is 13. The van der Waals surface area contributed by atoms with Gasteiger partial charge in [-0.15, -0.1) is 0 Å². The van der Waals surface area contributed by atoms with E-state index in [2.05, 4.69) is 26.5 Å². The van der Waals surface area contributed by atoms with Crippen molar-refractivity contribution >= 4 is 29.4 Å². The van der Waals surface area contributed by atoms with Gasteiger partial charge in [0.25, 0.3) is 11.7 Å². The third-order valence-corrected chi connectivity index (χ3v) is 16.2. The van der Waals surface area contributed by atoms with E-state index >= 15 is 0 Å². The van der Waals surface area contributed by atoms with E-state index < -0.39 is 95.9 Å². The fourth-order valence-corrected chi connectivity index (χ4v) is 11.3. The Hall–Kier alpha value is -3.91. The molecule has 0 spiro atoms. The molecule has 0 radical (unpaired) electrons. The van der Waals surface area contributed by atoms with Crippen LogP contribution in [-0.2, 0) is 52.4 Å². The van der Waals surface area contributed by atoms with E-state index in [1.54, 1.807) is 46.0 Å². The Morgan fingerprint density at radius 1 is 0.880 bits per heavy atom. The van der Waals surface area contributed by atoms with Gasteiger partial charge in [-0.25, -0.2) is 4.79 Å². The number of amides is 1. The average Bonchev–Trinajstić information content (AvgIpc) is 3.38. The largest absolute Gasteiger partial charge is 0.460 e. The predicted molar refractivity (Wildman–Crippen MR) is 284 cm³/mol. The Bertz CT molecular complexity index is 2010. The maximum absolute atomic E-state index is 14.6. The summed E-state index contributed by atoms with van der Waals surface area (Å²) in [6.45, 7) is 17.5. The molecule has 4 N–H and O–H groups in total. The third-order valence-electron chi connectivity index (χ3n) is 16.2. The summed E-state index contributed by atoms with van der Waals surface area (Å²) in [5, 5.41) is 42.5. The number of aliphatic hydroxyl groups excluding tert-OH is 3. The number of ether oxygens (including phenoxy) is 6. The molecule has 2 bridgehead atoms. The van der Waals surface area contributed by atoms with Gasteiger partial charge in [-0.3, -0.25) is 24.1 Å². The fourth-order valence-electron chi connectivity index (χ4n) is 11.3. The standard InChI is InChI=1S/C58H92N2O15/c1-36-17-13-12-14-18-37(2)49(70-9)33-45-22-20-42(7)58(69,75-45)55(66)56(67)60-24-16-15-19-46(60)57(68)74-50(34-47(63)39(4)30-41(6)53(65)54(72-11)43(8)38(3)29-36)40(5)31-44-21-23-48(51(32-44)71-10)73-52(64)35-59(25-27-61)26-28-62/h12-14,17-18,30,36,38-40,42,44-46,48-51,53-54,61-62,65,69H,8,15-16,19-29,31-35H2,1-7,9-11H3/b14-12+,17-13+,37-18+,41-30+/t36-,38-,39-,40-,42-,44+,45+,46+,48-,49+,50+,51-,53-,54+,58-/m1/s1. The van der Waals surface area contributed by atoms with E-state index in [-0.39, 0.29) is 75.8 Å². The molecule has 75 heavy (non-hydrogen) atoms. The number of hydrogen-bond acceptors (Lipinski definition) is 16. The molecule has 0 aromatic heterocycles. The Morgan fingerprint density at radius 2 is 1.59 bits per heavy atom. The number of hydrogen-bond donors (Lipinski definition) is 4. The maximum atomic E-state index is 14.6. The highest BCUT2D eigenvalue weighted by molar-refractivity contribution is 6.39. The second-order valence-electron chi connectivity index (χ2n) is 21.9. The summed E-state index contributed by atoms with van der Waals surface area (Å²) in [7, 11) is 4.66. The van der Waals surface area contributed by atoms with Gasteiger partial charge in [0.2, 0.25) is 5.79 Å². The molecule has 17 heteroatoms. The number of carbonyl (C=O) groups is 5. The molecule has 4 rings (SSSR count). The topological polar surface area (TPSA) is 228 Å². The van der Waals surface area contributed by atoms with Crippen LogP contribution in [0.5, 0.6) is 0 Å². The number of methoxy groups -OCH3 is 3. The second kappa shape index (κ2) is 30.9. The predicted octanol–water partition coefficient (Wildman–Crippen LogP) is 6.01. The van der Waals surface area contributed by atoms with Crippen molar-refractivity contribution in [2.75, 3.05) is 60.7 Å². The number of ketones is 2. The fraction of sp³-hybridized carbons (Fsp3) is 0.741. The van der Waals surface area contributed by atoms with Crippen LogP contribution in [0.25, 0.3) is 0 Å². The number of allylic oxidation sites excluding steroid dienone is 6. The van der Waals surface area contributed by atoms with Crippen molar-refractivity contribution < 1.29 is 72.8 Å². The Labute approximate surface area is 446 Å². The number of esters is 2. The first-order valence-corrected chi connectivity index (χ1v) is 27.4. The molecule has 0 aromatic carbocycles. The lowest BCUT2D eigenvalue weighted by atomic mass is 9.78. The van der Waals surface area contributed by atoms with Crippen molar-refractivity contribution in [2.24, 2.45) is 35.5 Å². The molecule has 424 valence electrons. The number of Topliss-reactive ketones (excluding diaryl/α,β-unsaturated/α-hetero) is 2. The first-order valence-electron chi connectivity index (χ1n) is 27.4. The minimum Gasteiger partial charge on any atom is -0.460 e. The van der Waals surface area contributed by atoms with Crippen molar-refractivity contribution in [1.29, 1.82) is 0 Å². The second-order valence-corrected chi connectivity index (χ2v) is 21.9. The Morgan fingerprint density at radius 3 is 2.24 bits per heavy atom. The smallest absolute Gasteiger partial charge is 0.329 e. The van der Waals surface area contributed by atoms with Gasteiger partial charge in [0.15, 0.2) is 0 Å². The first kappa shape index (κ1) is 63.6. The molecule has 0 aromatic rings. The van der Waals surface area contributed by atoms with Crippen molar-refractivity contribution in [2.45, 2.75) is 180 Å². The van der Waals surface area contributed by atoms with Crippen molar-refractivity contribution in [1.82, 2.24) is 9.80 Å². The average molecular weight is 1060 g/mol. The van der Waals surface area contributed by atoms with E-state index in [0.29, 0.717) is 63.4 Å². The zero-order valence-electron chi connectivity index (χ0n) is 46.7. The lowest BCUT2D eigenvalue weighted by Gasteiger charge is -2.42. The Kier molecular flexibility index (Phi) is 26.2. The molecule has 3 aliphatic heterocycles. The summed E-state index contributed by atoms with van der Waals surface area (Å²) in [4.78, 5) is 73.5. The number of fused-ring (bicyclic) bond motifs is 3. The van der Waals surface area contributed by atoms with Crippen LogP contribution in [0.4, 0.5) is 0 Å². The summed E-state index contributed by atoms with van der Waals surface area (Å²) in [6, 6.07) is -1.17. The SMILES string of the molecule is C=C1[C@H](C)C[C@H](C)/C=C/C=C/C=C(\C)[C@@H](OC)C[C@@H]2CC[C@@H](C)[C@@](O)(O2)C(=O)C(=O)N2CCCC[C@H]2C(=O)O[C@H]([C@H](C)C[C@@H]2CC[C@@H](OC(=O)CN(CCO)CCO)[C@H](OC)C2)CC(=O)[C@H](C)/C=C(\C)[C@@H](O)[C@H]1OC. The van der Waals surface area contributed by atoms with Gasteiger partial charge in [-0.1, -0.05) is 77.7 Å². The van der Waals surface area contributed by atoms with Crippen LogP contribution in [0.2, 0.25) is 0 Å². The highest BCUT2D eigenvalue weighted by atomic mass is 16.6. The molecule has 17 nitrogen and oxygen atoms in total. The molecule has 4 aliphatic rings. The van der Waals surface area contributed by atoms with E-state index in [4.69, 9.17) is 28.4 Å². The van der Waals surface area contributed by atoms with E-state index in [1.165, 1.54) is 12.0 Å². The van der Waals surface area contributed by atoms with Crippen LogP contribution in [0, 0.1) is 35.5 Å². The highest BCUT2D eigenvalue weighted by Gasteiger charge is 2.53. The third kappa shape index (κ3) is 18.1. The summed E-state index contributed by atoms with van der Waals surface area (Å²) < 4.78 is 36.0. The van der Waals surface area contributed by atoms with E-state index in [0.717, 1.165) is 17.6 Å². The van der Waals surface area contributed by atoms with Crippen LogP contribution < -0.4 is 0 Å². The van der Waals surface area contributed by atoms with Gasteiger partial charge in [0.05, 0.1) is 38.1 Å². The van der Waals surface area contributed by atoms with Gasteiger partial charge in [-0.05, 0) is 118 Å². The summed E-state index contributed by atoms with van der Waals surface area (Å²) in [5.41, 5.74) is 2.13. The number of nitrogens with zero attached hydrogens (tertiary/aromatic N) is 2. The minimum atomic E-state index is -2.45. The van der Waals surface area contributed by atoms with Gasteiger partial charge in [0, 0.05) is 65.6 Å². The van der Waals surface area contributed by atoms with Crippen molar-refractivity contribution in [3.05, 3.63) is 59.8 Å². The molecular formula is C58H92N2O15. The zero-order valence-corrected chi connectivity index (χ0v) is 46.7. The summed E-state index contributed by atoms with van der Waals surface area (Å²) >= 11 is 0. The normalized spacial score (nSPS) is 36.6. The van der Waals surface area contributed by atoms with Crippen LogP contribution >= 0.6 is 0 Å². The molecule has 15 atom stereocenters. The Balaban J connectivity index is 1.67. The summed E-state index contributed by atoms with van der Waals surface area (Å²) in [6.07, 6.45) is 11.9. The quantitative estimate of drug-likeness (QED) is 0.0942. The van der Waals surface area contributed by atoms with Crippen molar-refractivity contribution in [3.8, 4) is 0 Å². The maximum Gasteiger partial charge on any atom is 0.329 e. The summed E-state index contributed by atoms with van der Waals surface area (Å²) in [5.74, 6) is -7.84. The van der Waals surface area contributed by atoms with Gasteiger partial charge < -0.3 is 53.7 Å². The van der Waals surface area contributed by atoms with E-state index in [9.17, 15) is 44.4 Å². The van der Waals surface area contributed by atoms with Crippen molar-refractivity contribution in [3.63, 3.8) is 0 Å². The number of aliphatic hydroxyl groups is 4. The molecule has 0 unspecified atom stereocenters. The lowest BCUT2D eigenvalue weighted by Crippen LogP contribution is -2.61. The molecule has 3 heterocycles. The van der Waals surface area contributed by atoms with Gasteiger partial charge in [0.1, 0.15) is 36.2 Å². The number of piperidine rings is 1. The first-order chi connectivity index (χ1) is 35.6. The van der Waals surface area contributed by atoms with E-state index in [1.807, 2.05) is 38.2 Å². The molecular weight excluding hydrogens is 965 g/mol. The van der Waals surface area contributed by atoms with Crippen LogP contribution in [0.3, 0.4) is 0 Å². The monoisotopic (exact) mass is 1060 g/mol. The van der Waals surface area contributed by atoms with Gasteiger partial charge >= 0.3 is 11.9 Å². The number of cyclic esters (lactones) is 1. The van der Waals surface area contributed by atoms with Crippen LogP contribution in [0.1, 0.15) is 126 Å². The molecule has 2 saturated heterocycles. The number of carbonyl (C=O) groups excluding carboxylic acids is 5. The molecule has 1 aliphatic carbocycles. The molecule has 1 saturated carbocycles. The zero-order chi connectivity index (χ0) is 55.6. The molecule has 3 fully saturated rings. The lowest BCUT2D eigenvalue weighted by molar-refractivity contribution is -0.265. The molecule has 1 amide bonds.